The van der Waals surface area contributed by atoms with Crippen LogP contribution in [0.2, 0.25) is 5.02 Å². The van der Waals surface area contributed by atoms with E-state index in [4.69, 9.17) is 35.3 Å². The summed E-state index contributed by atoms with van der Waals surface area (Å²) in [7, 11) is 8.48. The number of methoxy groups -OCH3 is 4. The normalized spacial score (nSPS) is 18.5. The van der Waals surface area contributed by atoms with Gasteiger partial charge in [0.2, 0.25) is 11.7 Å². The third kappa shape index (κ3) is 8.89. The van der Waals surface area contributed by atoms with Crippen LogP contribution in [0.25, 0.3) is 0 Å². The lowest BCUT2D eigenvalue weighted by Gasteiger charge is -2.44. The summed E-state index contributed by atoms with van der Waals surface area (Å²) in [5.74, 6) is 2.68. The second kappa shape index (κ2) is 18.8. The number of hydrogen-bond donors (Lipinski definition) is 0. The number of halogens is 3. The van der Waals surface area contributed by atoms with E-state index >= 15 is 0 Å². The van der Waals surface area contributed by atoms with E-state index in [1.807, 2.05) is 61.6 Å². The van der Waals surface area contributed by atoms with Crippen LogP contribution in [0, 0.1) is 5.92 Å². The second-order valence-corrected chi connectivity index (χ2v) is 14.3. The number of amides is 1. The Labute approximate surface area is 318 Å². The van der Waals surface area contributed by atoms with Crippen molar-refractivity contribution >= 4 is 59.8 Å². The highest BCUT2D eigenvalue weighted by Gasteiger charge is 2.51. The molecule has 1 fully saturated rings. The number of ether oxygens (including phenoxy) is 5. The Hall–Kier alpha value is -2.57. The molecule has 2 heterocycles. The van der Waals surface area contributed by atoms with E-state index in [1.54, 1.807) is 45.1 Å². The van der Waals surface area contributed by atoms with Crippen molar-refractivity contribution in [2.24, 2.45) is 5.92 Å². The van der Waals surface area contributed by atoms with Crippen molar-refractivity contribution in [2.75, 3.05) is 86.3 Å². The maximum Gasteiger partial charge on any atom is 0.248 e. The molecular formula is C37H50Cl3N3O6S. The molecule has 13 heteroatoms. The SMILES string of the molecule is COc1cc(CCN2CCN(CC(COc3ccccc3C3(C(C)C)Sc4cc(Cl)ccc4N(C)C3=O)OC)CC2)cc(OC)c1OC.Cl.Cl. The highest BCUT2D eigenvalue weighted by atomic mass is 35.5. The summed E-state index contributed by atoms with van der Waals surface area (Å²) >= 11 is 7.96. The number of hydrogen-bond acceptors (Lipinski definition) is 9. The van der Waals surface area contributed by atoms with Crippen LogP contribution in [0.3, 0.4) is 0 Å². The van der Waals surface area contributed by atoms with Crippen LogP contribution in [-0.2, 0) is 20.7 Å². The Morgan fingerprint density at radius 1 is 0.860 bits per heavy atom. The molecule has 9 nitrogen and oxygen atoms in total. The highest BCUT2D eigenvalue weighted by Crippen LogP contribution is 2.56. The zero-order valence-corrected chi connectivity index (χ0v) is 33.1. The van der Waals surface area contributed by atoms with Gasteiger partial charge < -0.3 is 33.5 Å². The first kappa shape index (κ1) is 41.8. The number of nitrogens with zero attached hydrogens (tertiary/aromatic N) is 3. The average Bonchev–Trinajstić information content (AvgIpc) is 3.10. The molecule has 0 radical (unpaired) electrons. The number of carbonyl (C=O) groups is 1. The van der Waals surface area contributed by atoms with Crippen molar-refractivity contribution in [3.63, 3.8) is 0 Å². The van der Waals surface area contributed by atoms with Gasteiger partial charge >= 0.3 is 0 Å². The van der Waals surface area contributed by atoms with E-state index < -0.39 is 4.75 Å². The smallest absolute Gasteiger partial charge is 0.248 e. The topological polar surface area (TPSA) is 72.9 Å². The van der Waals surface area contributed by atoms with Gasteiger partial charge in [-0.05, 0) is 54.3 Å². The molecule has 5 rings (SSSR count). The number of para-hydroxylation sites is 1. The summed E-state index contributed by atoms with van der Waals surface area (Å²) in [4.78, 5) is 21.8. The molecule has 2 aliphatic rings. The molecule has 0 spiro atoms. The Kier molecular flexibility index (Phi) is 15.7. The largest absolute Gasteiger partial charge is 0.493 e. The molecule has 1 saturated heterocycles. The van der Waals surface area contributed by atoms with Gasteiger partial charge in [0.15, 0.2) is 11.5 Å². The van der Waals surface area contributed by atoms with Crippen LogP contribution in [0.15, 0.2) is 59.5 Å². The van der Waals surface area contributed by atoms with Crippen molar-refractivity contribution in [2.45, 2.75) is 36.0 Å². The number of piperazine rings is 1. The van der Waals surface area contributed by atoms with Crippen LogP contribution < -0.4 is 23.8 Å². The number of anilines is 1. The summed E-state index contributed by atoms with van der Waals surface area (Å²) in [6, 6.07) is 17.6. The first-order valence-corrected chi connectivity index (χ1v) is 17.6. The fourth-order valence-electron chi connectivity index (χ4n) is 6.60. The maximum absolute atomic E-state index is 14.1. The highest BCUT2D eigenvalue weighted by molar-refractivity contribution is 8.01. The predicted molar refractivity (Wildman–Crippen MR) is 207 cm³/mol. The minimum Gasteiger partial charge on any atom is -0.493 e. The molecule has 0 bridgehead atoms. The molecule has 0 aliphatic carbocycles. The van der Waals surface area contributed by atoms with Crippen LogP contribution in [0.1, 0.15) is 25.0 Å². The number of thioether (sulfide) groups is 1. The summed E-state index contributed by atoms with van der Waals surface area (Å²) in [5, 5.41) is 0.647. The standard InChI is InChI=1S/C37H48ClN3O6S.2ClH/c1-25(2)37(36(42)39(3)30-13-12-27(38)22-34(30)48-37)29-10-8-9-11-31(29)47-24-28(43-4)23-41-18-16-40(17-19-41)15-14-26-20-32(44-5)35(46-7)33(21-26)45-6;;/h8-13,20-22,25,28H,14-19,23-24H2,1-7H3;2*1H. The Morgan fingerprint density at radius 3 is 2.10 bits per heavy atom. The van der Waals surface area contributed by atoms with Crippen molar-refractivity contribution in [1.29, 1.82) is 0 Å². The van der Waals surface area contributed by atoms with Gasteiger partial charge in [-0.2, -0.15) is 0 Å². The molecule has 2 atom stereocenters. The molecule has 0 saturated carbocycles. The lowest BCUT2D eigenvalue weighted by atomic mass is 9.85. The monoisotopic (exact) mass is 769 g/mol. The third-order valence-corrected chi connectivity index (χ3v) is 11.4. The molecule has 2 unspecified atom stereocenters. The van der Waals surface area contributed by atoms with Crippen molar-refractivity contribution < 1.29 is 28.5 Å². The Bertz CT molecular complexity index is 1550. The molecule has 0 aromatic heterocycles. The lowest BCUT2D eigenvalue weighted by Crippen LogP contribution is -2.50. The Morgan fingerprint density at radius 2 is 1.50 bits per heavy atom. The molecule has 0 N–H and O–H groups in total. The van der Waals surface area contributed by atoms with Crippen molar-refractivity contribution in [3.8, 4) is 23.0 Å². The molecule has 3 aromatic carbocycles. The summed E-state index contributed by atoms with van der Waals surface area (Å²) in [5.41, 5.74) is 2.88. The maximum atomic E-state index is 14.1. The molecule has 3 aromatic rings. The van der Waals surface area contributed by atoms with E-state index in [0.717, 1.165) is 67.4 Å². The van der Waals surface area contributed by atoms with Gasteiger partial charge in [0.25, 0.3) is 0 Å². The third-order valence-electron chi connectivity index (χ3n) is 9.40. The molecule has 50 heavy (non-hydrogen) atoms. The number of carbonyl (C=O) groups excluding carboxylic acids is 1. The zero-order valence-electron chi connectivity index (χ0n) is 29.9. The van der Waals surface area contributed by atoms with Gasteiger partial charge in [0.1, 0.15) is 23.2 Å². The van der Waals surface area contributed by atoms with E-state index in [2.05, 4.69) is 23.6 Å². The van der Waals surface area contributed by atoms with Gasteiger partial charge in [0, 0.05) is 68.9 Å². The van der Waals surface area contributed by atoms with Gasteiger partial charge in [-0.3, -0.25) is 9.69 Å². The first-order chi connectivity index (χ1) is 23.1. The molecule has 1 amide bonds. The fraction of sp³-hybridized carbons (Fsp3) is 0.486. The van der Waals surface area contributed by atoms with Gasteiger partial charge in [-0.25, -0.2) is 0 Å². The zero-order chi connectivity index (χ0) is 34.4. The summed E-state index contributed by atoms with van der Waals surface area (Å²) < 4.78 is 28.1. The van der Waals surface area contributed by atoms with E-state index in [1.165, 1.54) is 0 Å². The summed E-state index contributed by atoms with van der Waals surface area (Å²) in [6.07, 6.45) is 0.758. The van der Waals surface area contributed by atoms with Crippen LogP contribution >= 0.6 is 48.2 Å². The molecular weight excluding hydrogens is 721 g/mol. The lowest BCUT2D eigenvalue weighted by molar-refractivity contribution is -0.122. The van der Waals surface area contributed by atoms with Crippen LogP contribution in [-0.4, -0.2) is 103 Å². The Balaban J connectivity index is 0.00000338. The average molecular weight is 771 g/mol. The van der Waals surface area contributed by atoms with Gasteiger partial charge in [0.05, 0.1) is 27.0 Å². The van der Waals surface area contributed by atoms with E-state index in [0.29, 0.717) is 34.6 Å². The first-order valence-electron chi connectivity index (χ1n) is 16.4. The quantitative estimate of drug-likeness (QED) is 0.171. The predicted octanol–water partition coefficient (Wildman–Crippen LogP) is 7.08. The number of fused-ring (bicyclic) bond motifs is 1. The fourth-order valence-corrected chi connectivity index (χ4v) is 8.41. The van der Waals surface area contributed by atoms with Crippen LogP contribution in [0.4, 0.5) is 5.69 Å². The minimum absolute atomic E-state index is 0. The van der Waals surface area contributed by atoms with Crippen molar-refractivity contribution in [3.05, 3.63) is 70.7 Å². The van der Waals surface area contributed by atoms with Gasteiger partial charge in [-0.1, -0.05) is 43.6 Å². The number of benzene rings is 3. The molecule has 2 aliphatic heterocycles. The molecule has 276 valence electrons. The number of rotatable bonds is 14. The van der Waals surface area contributed by atoms with E-state index in [-0.39, 0.29) is 42.7 Å². The van der Waals surface area contributed by atoms with Gasteiger partial charge in [-0.15, -0.1) is 36.6 Å². The second-order valence-electron chi connectivity index (χ2n) is 12.6. The summed E-state index contributed by atoms with van der Waals surface area (Å²) in [6.45, 7) is 10.1. The number of likely N-dealkylation sites (N-methyl/N-ethyl adjacent to an activating group) is 1. The van der Waals surface area contributed by atoms with Crippen molar-refractivity contribution in [1.82, 2.24) is 9.80 Å². The van der Waals surface area contributed by atoms with Crippen LogP contribution in [0.5, 0.6) is 23.0 Å². The van der Waals surface area contributed by atoms with E-state index in [9.17, 15) is 4.79 Å². The minimum atomic E-state index is -0.871.